The van der Waals surface area contributed by atoms with E-state index in [0.29, 0.717) is 0 Å². The van der Waals surface area contributed by atoms with Gasteiger partial charge in [-0.15, -0.1) is 0 Å². The Morgan fingerprint density at radius 3 is 1.39 bits per heavy atom. The number of halogens is 5. The first kappa shape index (κ1) is 28.0. The van der Waals surface area contributed by atoms with Crippen LogP contribution in [-0.4, -0.2) is 39.3 Å². The summed E-state index contributed by atoms with van der Waals surface area (Å²) >= 11 is 0. The third-order valence-electron chi connectivity index (χ3n) is 3.95. The fourth-order valence-corrected chi connectivity index (χ4v) is 4.74. The van der Waals surface area contributed by atoms with Gasteiger partial charge in [-0.1, -0.05) is 20.8 Å². The maximum absolute atomic E-state index is 13.7. The van der Waals surface area contributed by atoms with Crippen molar-refractivity contribution in [2.24, 2.45) is 0 Å². The van der Waals surface area contributed by atoms with Crippen LogP contribution in [0.15, 0.2) is 0 Å². The molecule has 0 heterocycles. The number of hydrogen-bond acceptors (Lipinski definition) is 8. The molecule has 0 aliphatic carbocycles. The van der Waals surface area contributed by atoms with Crippen LogP contribution in [0.4, 0.5) is 22.0 Å². The second kappa shape index (κ2) is 12.3. The molecular formula is C19H21F5O8Si. The minimum Gasteiger partial charge on any atom is -0.462 e. The number of carbonyl (C=O) groups is 4. The van der Waals surface area contributed by atoms with E-state index >= 15 is 0 Å². The lowest BCUT2D eigenvalue weighted by Gasteiger charge is -2.27. The van der Waals surface area contributed by atoms with Crippen LogP contribution in [0.2, 0.25) is 6.04 Å². The van der Waals surface area contributed by atoms with Crippen molar-refractivity contribution in [3.8, 4) is 0 Å². The summed E-state index contributed by atoms with van der Waals surface area (Å²) in [5.74, 6) is -16.2. The monoisotopic (exact) mass is 500 g/mol. The van der Waals surface area contributed by atoms with Crippen molar-refractivity contribution in [1.82, 2.24) is 0 Å². The van der Waals surface area contributed by atoms with E-state index in [1.54, 1.807) is 0 Å². The number of carbonyl (C=O) groups excluding carboxylic acids is 4. The van der Waals surface area contributed by atoms with Crippen LogP contribution in [-0.2, 0) is 32.4 Å². The predicted molar refractivity (Wildman–Crippen MR) is 101 cm³/mol. The third kappa shape index (κ3) is 7.23. The molecule has 0 aromatic heterocycles. The molecule has 0 aliphatic heterocycles. The summed E-state index contributed by atoms with van der Waals surface area (Å²) in [4.78, 5) is 47.4. The molecule has 0 fully saturated rings. The van der Waals surface area contributed by atoms with E-state index in [9.17, 15) is 41.1 Å². The molecule has 0 N–H and O–H groups in total. The zero-order valence-electron chi connectivity index (χ0n) is 17.9. The molecule has 0 unspecified atom stereocenters. The van der Waals surface area contributed by atoms with E-state index in [-0.39, 0.29) is 25.7 Å². The molecule has 0 saturated carbocycles. The van der Waals surface area contributed by atoms with Crippen molar-refractivity contribution in [2.45, 2.75) is 52.5 Å². The highest BCUT2D eigenvalue weighted by atomic mass is 28.4. The van der Waals surface area contributed by atoms with Crippen LogP contribution >= 0.6 is 0 Å². The fourth-order valence-electron chi connectivity index (χ4n) is 2.26. The molecule has 1 aromatic rings. The van der Waals surface area contributed by atoms with Crippen LogP contribution in [0.3, 0.4) is 0 Å². The highest BCUT2D eigenvalue weighted by molar-refractivity contribution is 6.65. The van der Waals surface area contributed by atoms with E-state index in [1.807, 2.05) is 0 Å². The van der Waals surface area contributed by atoms with Crippen LogP contribution in [0.1, 0.15) is 56.8 Å². The van der Waals surface area contributed by atoms with E-state index in [1.165, 1.54) is 20.8 Å². The molecule has 0 amide bonds. The summed E-state index contributed by atoms with van der Waals surface area (Å²) in [7, 11) is -4.30. The summed E-state index contributed by atoms with van der Waals surface area (Å²) in [6.45, 7) is 3.59. The van der Waals surface area contributed by atoms with Crippen molar-refractivity contribution < 1.29 is 59.1 Å². The first-order chi connectivity index (χ1) is 15.4. The average molecular weight is 500 g/mol. The fraction of sp³-hybridized carbons (Fsp3) is 0.474. The highest BCUT2D eigenvalue weighted by Gasteiger charge is 2.52. The van der Waals surface area contributed by atoms with Gasteiger partial charge in [0.1, 0.15) is 5.56 Å². The predicted octanol–water partition coefficient (Wildman–Crippen LogP) is 3.73. The Bertz CT molecular complexity index is 849. The number of esters is 1. The summed E-state index contributed by atoms with van der Waals surface area (Å²) < 4.78 is 87.0. The van der Waals surface area contributed by atoms with E-state index in [0.717, 1.165) is 0 Å². The van der Waals surface area contributed by atoms with E-state index < -0.39 is 80.0 Å². The van der Waals surface area contributed by atoms with Gasteiger partial charge in [-0.3, -0.25) is 14.4 Å². The van der Waals surface area contributed by atoms with E-state index in [4.69, 9.17) is 13.3 Å². The van der Waals surface area contributed by atoms with Gasteiger partial charge in [0, 0.05) is 19.3 Å². The van der Waals surface area contributed by atoms with Crippen molar-refractivity contribution in [1.29, 1.82) is 0 Å². The molecule has 0 spiro atoms. The number of hydrogen-bond donors (Lipinski definition) is 0. The molecule has 0 aliphatic rings. The summed E-state index contributed by atoms with van der Waals surface area (Å²) in [6, 6.07) is -0.430. The minimum absolute atomic E-state index is 0.155. The molecule has 1 rings (SSSR count). The van der Waals surface area contributed by atoms with Gasteiger partial charge >= 0.3 is 14.8 Å². The molecule has 33 heavy (non-hydrogen) atoms. The van der Waals surface area contributed by atoms with Crippen LogP contribution in [0, 0.1) is 29.1 Å². The molecule has 0 radical (unpaired) electrons. The molecule has 184 valence electrons. The lowest BCUT2D eigenvalue weighted by atomic mass is 10.1. The summed E-state index contributed by atoms with van der Waals surface area (Å²) in [5, 5.41) is 0. The Balaban J connectivity index is 3.02. The summed E-state index contributed by atoms with van der Waals surface area (Å²) in [5.41, 5.74) is -1.79. The molecule has 14 heteroatoms. The molecular weight excluding hydrogens is 479 g/mol. The first-order valence-electron chi connectivity index (χ1n) is 9.76. The van der Waals surface area contributed by atoms with Gasteiger partial charge in [0.15, 0.2) is 23.3 Å². The number of benzene rings is 1. The van der Waals surface area contributed by atoms with Crippen LogP contribution < -0.4 is 0 Å². The lowest BCUT2D eigenvalue weighted by Crippen LogP contribution is -2.50. The van der Waals surface area contributed by atoms with Crippen molar-refractivity contribution >= 4 is 32.7 Å². The van der Waals surface area contributed by atoms with Gasteiger partial charge in [-0.2, -0.15) is 0 Å². The van der Waals surface area contributed by atoms with Gasteiger partial charge in [0.2, 0.25) is 5.82 Å². The Morgan fingerprint density at radius 2 is 1.03 bits per heavy atom. The minimum atomic E-state index is -4.30. The molecule has 0 bridgehead atoms. The quantitative estimate of drug-likeness (QED) is 0.113. The van der Waals surface area contributed by atoms with Crippen LogP contribution in [0.5, 0.6) is 0 Å². The highest BCUT2D eigenvalue weighted by Crippen LogP contribution is 2.25. The Morgan fingerprint density at radius 1 is 0.667 bits per heavy atom. The number of ether oxygens (including phenoxy) is 1. The molecule has 8 nitrogen and oxygen atoms in total. The average Bonchev–Trinajstić information content (AvgIpc) is 2.78. The Labute approximate surface area is 186 Å². The zero-order chi connectivity index (χ0) is 25.3. The maximum atomic E-state index is 13.7. The van der Waals surface area contributed by atoms with Gasteiger partial charge < -0.3 is 18.0 Å². The van der Waals surface area contributed by atoms with E-state index in [2.05, 4.69) is 4.74 Å². The lowest BCUT2D eigenvalue weighted by molar-refractivity contribution is -0.150. The van der Waals surface area contributed by atoms with Gasteiger partial charge in [-0.25, -0.2) is 26.7 Å². The maximum Gasteiger partial charge on any atom is 0.705 e. The van der Waals surface area contributed by atoms with Gasteiger partial charge in [-0.05, 0) is 6.42 Å². The van der Waals surface area contributed by atoms with Gasteiger partial charge in [0.25, 0.3) is 17.9 Å². The first-order valence-corrected chi connectivity index (χ1v) is 11.7. The molecule has 1 aromatic carbocycles. The number of rotatable bonds is 11. The third-order valence-corrected chi connectivity index (χ3v) is 6.53. The topological polar surface area (TPSA) is 105 Å². The van der Waals surface area contributed by atoms with Crippen molar-refractivity contribution in [2.75, 3.05) is 6.61 Å². The second-order valence-corrected chi connectivity index (χ2v) is 8.83. The second-order valence-electron chi connectivity index (χ2n) is 6.35. The van der Waals surface area contributed by atoms with Gasteiger partial charge in [0.05, 0.1) is 12.7 Å². The zero-order valence-corrected chi connectivity index (χ0v) is 18.9. The Kier molecular flexibility index (Phi) is 10.4. The Hall–Kier alpha value is -3.03. The smallest absolute Gasteiger partial charge is 0.462 e. The summed E-state index contributed by atoms with van der Waals surface area (Å²) in [6.07, 6.45) is -0.787. The van der Waals surface area contributed by atoms with Crippen LogP contribution in [0.25, 0.3) is 0 Å². The SMILES string of the molecule is CCC(=O)O[Si](CCCOC(=O)c1c(F)c(F)c(F)c(F)c1F)(OC(=O)CC)OC(=O)CC. The standard InChI is InChI=1S/C19H21F5O8Si/c1-4-10(25)30-33(31-11(26)5-2,32-12(27)6-3)9-7-8-29-19(28)13-14(20)16(22)18(24)17(23)15(13)21/h4-9H2,1-3H3. The van der Waals surface area contributed by atoms with Crippen molar-refractivity contribution in [3.63, 3.8) is 0 Å². The van der Waals surface area contributed by atoms with Crippen molar-refractivity contribution in [3.05, 3.63) is 34.6 Å². The molecule has 0 atom stereocenters. The largest absolute Gasteiger partial charge is 0.705 e. The molecule has 0 saturated heterocycles. The normalized spacial score (nSPS) is 11.0.